The maximum Gasteiger partial charge on any atom is 0.0462 e. The van der Waals surface area contributed by atoms with Crippen LogP contribution in [0, 0.1) is 0 Å². The molecule has 11 aromatic rings. The smallest absolute Gasteiger partial charge is 0.0462 e. The van der Waals surface area contributed by atoms with E-state index in [1.807, 2.05) is 0 Å². The maximum atomic E-state index is 2.36. The lowest BCUT2D eigenvalue weighted by atomic mass is 9.95. The maximum absolute atomic E-state index is 2.36. The Bertz CT molecular complexity index is 3320. The summed E-state index contributed by atoms with van der Waals surface area (Å²) in [5, 5.41) is 7.60. The van der Waals surface area contributed by atoms with Crippen molar-refractivity contribution in [3.63, 3.8) is 0 Å². The minimum absolute atomic E-state index is 1.10. The Balaban J connectivity index is 0.946. The van der Waals surface area contributed by atoms with Gasteiger partial charge in [0, 0.05) is 17.1 Å². The van der Waals surface area contributed by atoms with Crippen LogP contribution < -0.4 is 4.90 Å². The van der Waals surface area contributed by atoms with Gasteiger partial charge in [-0.1, -0.05) is 194 Å². The van der Waals surface area contributed by atoms with E-state index in [0.717, 1.165) is 17.1 Å². The van der Waals surface area contributed by atoms with Crippen LogP contribution in [-0.4, -0.2) is 0 Å². The van der Waals surface area contributed by atoms with Crippen molar-refractivity contribution in [3.8, 4) is 55.6 Å². The third-order valence-electron chi connectivity index (χ3n) is 12.1. The second-order valence-corrected chi connectivity index (χ2v) is 15.8. The van der Waals surface area contributed by atoms with Crippen molar-refractivity contribution in [1.82, 2.24) is 0 Å². The van der Waals surface area contributed by atoms with Crippen LogP contribution >= 0.6 is 0 Å². The summed E-state index contributed by atoms with van der Waals surface area (Å²) in [6.45, 7) is 0. The summed E-state index contributed by atoms with van der Waals surface area (Å²) in [6, 6.07) is 90.4. The average molecular weight is 776 g/mol. The van der Waals surface area contributed by atoms with Gasteiger partial charge < -0.3 is 4.90 Å². The second-order valence-electron chi connectivity index (χ2n) is 15.8. The number of rotatable bonds is 8. The normalized spacial score (nSPS) is 11.3. The lowest BCUT2D eigenvalue weighted by Crippen LogP contribution is -2.09. The number of benzene rings is 11. The molecule has 0 fully saturated rings. The Morgan fingerprint density at radius 3 is 1.18 bits per heavy atom. The van der Waals surface area contributed by atoms with Crippen molar-refractivity contribution in [1.29, 1.82) is 0 Å². The summed E-state index contributed by atoms with van der Waals surface area (Å²) in [5.41, 5.74) is 15.3. The Labute approximate surface area is 357 Å². The van der Waals surface area contributed by atoms with Crippen molar-refractivity contribution in [2.24, 2.45) is 0 Å². The van der Waals surface area contributed by atoms with Crippen LogP contribution in [0.15, 0.2) is 249 Å². The largest absolute Gasteiger partial charge is 0.311 e. The zero-order valence-electron chi connectivity index (χ0n) is 33.6. The van der Waals surface area contributed by atoms with Crippen molar-refractivity contribution in [2.75, 3.05) is 4.90 Å². The molecule has 0 unspecified atom stereocenters. The number of hydrogen-bond donors (Lipinski definition) is 0. The molecular weight excluding hydrogens is 735 g/mol. The van der Waals surface area contributed by atoms with Gasteiger partial charge >= 0.3 is 0 Å². The van der Waals surface area contributed by atoms with E-state index in [-0.39, 0.29) is 0 Å². The minimum atomic E-state index is 1.10. The summed E-state index contributed by atoms with van der Waals surface area (Å²) in [4.78, 5) is 2.36. The molecule has 0 heterocycles. The van der Waals surface area contributed by atoms with E-state index >= 15 is 0 Å². The van der Waals surface area contributed by atoms with Gasteiger partial charge in [-0.2, -0.15) is 0 Å². The summed E-state index contributed by atoms with van der Waals surface area (Å²) >= 11 is 0. The highest BCUT2D eigenvalue weighted by Crippen LogP contribution is 2.39. The van der Waals surface area contributed by atoms with Crippen LogP contribution in [0.4, 0.5) is 17.1 Å². The molecule has 0 radical (unpaired) electrons. The molecule has 0 saturated carbocycles. The first kappa shape index (κ1) is 36.1. The molecule has 0 aliphatic carbocycles. The average Bonchev–Trinajstić information content (AvgIpc) is 3.34. The van der Waals surface area contributed by atoms with E-state index in [4.69, 9.17) is 0 Å². The Morgan fingerprint density at radius 2 is 0.574 bits per heavy atom. The van der Waals surface area contributed by atoms with Crippen LogP contribution in [0.3, 0.4) is 0 Å². The van der Waals surface area contributed by atoms with Gasteiger partial charge in [0.15, 0.2) is 0 Å². The van der Waals surface area contributed by atoms with Crippen molar-refractivity contribution in [2.45, 2.75) is 0 Å². The van der Waals surface area contributed by atoms with Crippen molar-refractivity contribution >= 4 is 49.4 Å². The van der Waals surface area contributed by atoms with E-state index < -0.39 is 0 Å². The molecule has 0 aliphatic rings. The molecule has 0 aliphatic heterocycles. The predicted molar refractivity (Wildman–Crippen MR) is 261 cm³/mol. The lowest BCUT2D eigenvalue weighted by molar-refractivity contribution is 1.28. The third-order valence-corrected chi connectivity index (χ3v) is 12.1. The van der Waals surface area contributed by atoms with Crippen LogP contribution in [0.2, 0.25) is 0 Å². The quantitative estimate of drug-likeness (QED) is 0.139. The molecule has 0 aromatic heterocycles. The van der Waals surface area contributed by atoms with Gasteiger partial charge in [0.2, 0.25) is 0 Å². The number of fused-ring (bicyclic) bond motifs is 4. The molecule has 0 atom stereocenters. The fourth-order valence-corrected chi connectivity index (χ4v) is 8.90. The first-order chi connectivity index (χ1) is 30.2. The van der Waals surface area contributed by atoms with Crippen LogP contribution in [0.5, 0.6) is 0 Å². The highest BCUT2D eigenvalue weighted by Gasteiger charge is 2.15. The molecule has 0 spiro atoms. The molecule has 0 N–H and O–H groups in total. The van der Waals surface area contributed by atoms with Crippen molar-refractivity contribution in [3.05, 3.63) is 249 Å². The standard InChI is InChI=1S/C60H41N/c1-2-11-42(12-3-1)48-16-8-17-49(39-48)43-25-32-54(33-26-43)61(56-36-29-45(30-37-56)51-31-38-60-53(41-51)24-23-47-14-5-7-21-58(47)60)55-34-27-44(28-35-55)50-18-9-19-52(40-50)59-22-10-15-46-13-4-6-20-57(46)59/h1-41H. The molecule has 0 bridgehead atoms. The molecule has 61 heavy (non-hydrogen) atoms. The molecule has 286 valence electrons. The van der Waals surface area contributed by atoms with E-state index in [1.165, 1.54) is 88.0 Å². The fourth-order valence-electron chi connectivity index (χ4n) is 8.90. The monoisotopic (exact) mass is 775 g/mol. The van der Waals surface area contributed by atoms with Gasteiger partial charge in [0.25, 0.3) is 0 Å². The summed E-state index contributed by atoms with van der Waals surface area (Å²) in [5.74, 6) is 0. The number of nitrogens with zero attached hydrogens (tertiary/aromatic N) is 1. The highest BCUT2D eigenvalue weighted by atomic mass is 15.1. The minimum Gasteiger partial charge on any atom is -0.311 e. The zero-order valence-corrected chi connectivity index (χ0v) is 33.6. The molecule has 11 aromatic carbocycles. The van der Waals surface area contributed by atoms with Gasteiger partial charge in [0.1, 0.15) is 0 Å². The summed E-state index contributed by atoms with van der Waals surface area (Å²) < 4.78 is 0. The fraction of sp³-hybridized carbons (Fsp3) is 0. The third kappa shape index (κ3) is 7.03. The molecular formula is C60H41N. The first-order valence-corrected chi connectivity index (χ1v) is 21.0. The van der Waals surface area contributed by atoms with Gasteiger partial charge in [-0.3, -0.25) is 0 Å². The zero-order chi connectivity index (χ0) is 40.5. The van der Waals surface area contributed by atoms with Gasteiger partial charge in [0.05, 0.1) is 0 Å². The van der Waals surface area contributed by atoms with Crippen LogP contribution in [0.25, 0.3) is 88.0 Å². The van der Waals surface area contributed by atoms with E-state index in [9.17, 15) is 0 Å². The van der Waals surface area contributed by atoms with Crippen LogP contribution in [0.1, 0.15) is 0 Å². The molecule has 0 saturated heterocycles. The highest BCUT2D eigenvalue weighted by molar-refractivity contribution is 6.08. The Morgan fingerprint density at radius 1 is 0.197 bits per heavy atom. The topological polar surface area (TPSA) is 3.24 Å². The number of anilines is 3. The van der Waals surface area contributed by atoms with Crippen molar-refractivity contribution < 1.29 is 0 Å². The molecule has 11 rings (SSSR count). The summed E-state index contributed by atoms with van der Waals surface area (Å²) in [6.07, 6.45) is 0. The van der Waals surface area contributed by atoms with Gasteiger partial charge in [-0.15, -0.1) is 0 Å². The lowest BCUT2D eigenvalue weighted by Gasteiger charge is -2.26. The van der Waals surface area contributed by atoms with Gasteiger partial charge in [-0.25, -0.2) is 0 Å². The Kier molecular flexibility index (Phi) is 9.26. The Hall–Kier alpha value is -8.00. The van der Waals surface area contributed by atoms with E-state index in [1.54, 1.807) is 0 Å². The second kappa shape index (κ2) is 15.6. The first-order valence-electron chi connectivity index (χ1n) is 21.0. The number of hydrogen-bond acceptors (Lipinski definition) is 1. The SMILES string of the molecule is c1ccc(-c2cccc(-c3ccc(N(c4ccc(-c5cccc(-c6cccc7ccccc67)c5)cc4)c4ccc(-c5ccc6c(ccc7ccccc76)c5)cc4)cc3)c2)cc1. The molecule has 0 amide bonds. The van der Waals surface area contributed by atoms with E-state index in [0.29, 0.717) is 0 Å². The van der Waals surface area contributed by atoms with E-state index in [2.05, 4.69) is 254 Å². The summed E-state index contributed by atoms with van der Waals surface area (Å²) in [7, 11) is 0. The predicted octanol–water partition coefficient (Wildman–Crippen LogP) is 17.0. The molecule has 1 nitrogen and oxygen atoms in total. The molecule has 1 heteroatoms. The van der Waals surface area contributed by atoms with Gasteiger partial charge in [-0.05, 0) is 143 Å². The van der Waals surface area contributed by atoms with Crippen LogP contribution in [-0.2, 0) is 0 Å².